The molecule has 18 heavy (non-hydrogen) atoms. The van der Waals surface area contributed by atoms with E-state index in [4.69, 9.17) is 4.74 Å². The fourth-order valence-electron chi connectivity index (χ4n) is 3.37. The molecule has 0 radical (unpaired) electrons. The molecule has 1 saturated carbocycles. The van der Waals surface area contributed by atoms with Crippen molar-refractivity contribution < 1.29 is 4.74 Å². The van der Waals surface area contributed by atoms with E-state index in [0.29, 0.717) is 22.8 Å². The SMILES string of the molecule is CC1(C)C(NCC2COc3ccccc32)C1(C)C. The highest BCUT2D eigenvalue weighted by atomic mass is 16.5. The van der Waals surface area contributed by atoms with Crippen molar-refractivity contribution in [3.05, 3.63) is 29.8 Å². The molecule has 1 aromatic rings. The molecule has 1 unspecified atom stereocenters. The molecule has 1 atom stereocenters. The van der Waals surface area contributed by atoms with Gasteiger partial charge in [-0.2, -0.15) is 0 Å². The monoisotopic (exact) mass is 245 g/mol. The summed E-state index contributed by atoms with van der Waals surface area (Å²) in [4.78, 5) is 0. The Morgan fingerprint density at radius 2 is 1.83 bits per heavy atom. The van der Waals surface area contributed by atoms with Crippen LogP contribution in [0.5, 0.6) is 5.75 Å². The summed E-state index contributed by atoms with van der Waals surface area (Å²) in [5.74, 6) is 1.58. The summed E-state index contributed by atoms with van der Waals surface area (Å²) >= 11 is 0. The molecule has 2 heteroatoms. The van der Waals surface area contributed by atoms with Gasteiger partial charge in [0.2, 0.25) is 0 Å². The molecule has 0 amide bonds. The molecular formula is C16H23NO. The molecule has 1 fully saturated rings. The Bertz CT molecular complexity index is 450. The van der Waals surface area contributed by atoms with Gasteiger partial charge >= 0.3 is 0 Å². The van der Waals surface area contributed by atoms with Gasteiger partial charge in [0.1, 0.15) is 5.75 Å². The maximum absolute atomic E-state index is 5.73. The van der Waals surface area contributed by atoms with Gasteiger partial charge in [-0.25, -0.2) is 0 Å². The number of ether oxygens (including phenoxy) is 1. The number of rotatable bonds is 3. The molecule has 0 bridgehead atoms. The van der Waals surface area contributed by atoms with E-state index >= 15 is 0 Å². The van der Waals surface area contributed by atoms with Crippen LogP contribution in [0.25, 0.3) is 0 Å². The molecule has 1 aliphatic heterocycles. The van der Waals surface area contributed by atoms with Crippen molar-refractivity contribution in [2.24, 2.45) is 10.8 Å². The summed E-state index contributed by atoms with van der Waals surface area (Å²) < 4.78 is 5.73. The van der Waals surface area contributed by atoms with Crippen LogP contribution >= 0.6 is 0 Å². The lowest BCUT2D eigenvalue weighted by Gasteiger charge is -2.11. The molecular weight excluding hydrogens is 222 g/mol. The Balaban J connectivity index is 1.64. The van der Waals surface area contributed by atoms with E-state index in [1.807, 2.05) is 6.07 Å². The summed E-state index contributed by atoms with van der Waals surface area (Å²) in [7, 11) is 0. The number of nitrogens with one attached hydrogen (secondary N) is 1. The average Bonchev–Trinajstić information content (AvgIpc) is 2.67. The molecule has 0 saturated heterocycles. The largest absolute Gasteiger partial charge is 0.493 e. The summed E-state index contributed by atoms with van der Waals surface area (Å²) in [6.07, 6.45) is 0. The number of para-hydroxylation sites is 1. The molecule has 3 rings (SSSR count). The van der Waals surface area contributed by atoms with Crippen molar-refractivity contribution in [3.63, 3.8) is 0 Å². The Hall–Kier alpha value is -1.02. The summed E-state index contributed by atoms with van der Waals surface area (Å²) in [5.41, 5.74) is 2.18. The van der Waals surface area contributed by atoms with Gasteiger partial charge in [-0.05, 0) is 16.9 Å². The molecule has 1 aliphatic carbocycles. The highest BCUT2D eigenvalue weighted by Gasteiger charge is 2.64. The van der Waals surface area contributed by atoms with Crippen molar-refractivity contribution in [1.82, 2.24) is 5.32 Å². The molecule has 98 valence electrons. The van der Waals surface area contributed by atoms with Gasteiger partial charge < -0.3 is 10.1 Å². The van der Waals surface area contributed by atoms with Crippen LogP contribution in [0.15, 0.2) is 24.3 Å². The number of fused-ring (bicyclic) bond motifs is 1. The van der Waals surface area contributed by atoms with Crippen LogP contribution in [0.1, 0.15) is 39.2 Å². The maximum Gasteiger partial charge on any atom is 0.122 e. The molecule has 0 aromatic heterocycles. The Kier molecular flexibility index (Phi) is 2.50. The van der Waals surface area contributed by atoms with Crippen molar-refractivity contribution in [2.75, 3.05) is 13.2 Å². The smallest absolute Gasteiger partial charge is 0.122 e. The van der Waals surface area contributed by atoms with Crippen molar-refractivity contribution in [1.29, 1.82) is 0 Å². The second-order valence-corrected chi connectivity index (χ2v) is 6.83. The number of benzene rings is 1. The van der Waals surface area contributed by atoms with Gasteiger partial charge in [-0.1, -0.05) is 45.9 Å². The second-order valence-electron chi connectivity index (χ2n) is 6.83. The van der Waals surface area contributed by atoms with E-state index < -0.39 is 0 Å². The van der Waals surface area contributed by atoms with Gasteiger partial charge in [0.05, 0.1) is 6.61 Å². The van der Waals surface area contributed by atoms with Crippen LogP contribution in [0.2, 0.25) is 0 Å². The minimum absolute atomic E-state index is 0.409. The van der Waals surface area contributed by atoms with Crippen LogP contribution in [-0.2, 0) is 0 Å². The van der Waals surface area contributed by atoms with Gasteiger partial charge in [-0.15, -0.1) is 0 Å². The zero-order chi connectivity index (χ0) is 13.0. The first-order valence-electron chi connectivity index (χ1n) is 6.89. The second kappa shape index (κ2) is 3.74. The van der Waals surface area contributed by atoms with Gasteiger partial charge in [0.15, 0.2) is 0 Å². The normalized spacial score (nSPS) is 27.7. The third-order valence-electron chi connectivity index (χ3n) is 5.39. The highest BCUT2D eigenvalue weighted by molar-refractivity contribution is 5.39. The first-order valence-corrected chi connectivity index (χ1v) is 6.89. The topological polar surface area (TPSA) is 21.3 Å². The zero-order valence-electron chi connectivity index (χ0n) is 11.8. The lowest BCUT2D eigenvalue weighted by atomic mass is 10.0. The van der Waals surface area contributed by atoms with Crippen molar-refractivity contribution >= 4 is 0 Å². The fraction of sp³-hybridized carbons (Fsp3) is 0.625. The van der Waals surface area contributed by atoms with Crippen LogP contribution in [0.4, 0.5) is 0 Å². The predicted octanol–water partition coefficient (Wildman–Crippen LogP) is 3.19. The van der Waals surface area contributed by atoms with Crippen molar-refractivity contribution in [3.8, 4) is 5.75 Å². The highest BCUT2D eigenvalue weighted by Crippen LogP contribution is 2.62. The Morgan fingerprint density at radius 1 is 1.17 bits per heavy atom. The predicted molar refractivity (Wildman–Crippen MR) is 74.0 cm³/mol. The van der Waals surface area contributed by atoms with E-state index in [-0.39, 0.29) is 0 Å². The molecule has 1 N–H and O–H groups in total. The van der Waals surface area contributed by atoms with Crippen LogP contribution in [0.3, 0.4) is 0 Å². The van der Waals surface area contributed by atoms with Gasteiger partial charge in [0, 0.05) is 24.1 Å². The molecule has 1 heterocycles. The zero-order valence-corrected chi connectivity index (χ0v) is 11.8. The fourth-order valence-corrected chi connectivity index (χ4v) is 3.37. The lowest BCUT2D eigenvalue weighted by molar-refractivity contribution is 0.324. The number of hydrogen-bond donors (Lipinski definition) is 1. The Morgan fingerprint density at radius 3 is 2.50 bits per heavy atom. The molecule has 0 spiro atoms. The first kappa shape index (κ1) is 12.0. The van der Waals surface area contributed by atoms with Crippen LogP contribution in [0, 0.1) is 10.8 Å². The van der Waals surface area contributed by atoms with Crippen LogP contribution < -0.4 is 10.1 Å². The van der Waals surface area contributed by atoms with Gasteiger partial charge in [0.25, 0.3) is 0 Å². The Labute approximate surface area is 110 Å². The summed E-state index contributed by atoms with van der Waals surface area (Å²) in [6.45, 7) is 11.2. The summed E-state index contributed by atoms with van der Waals surface area (Å²) in [6, 6.07) is 9.03. The first-order chi connectivity index (χ1) is 8.44. The van der Waals surface area contributed by atoms with E-state index in [2.05, 4.69) is 51.2 Å². The van der Waals surface area contributed by atoms with Crippen molar-refractivity contribution in [2.45, 2.75) is 39.7 Å². The van der Waals surface area contributed by atoms with Gasteiger partial charge in [-0.3, -0.25) is 0 Å². The standard InChI is InChI=1S/C16H23NO/c1-15(2)14(16(15,3)4)17-9-11-10-18-13-8-6-5-7-12(11)13/h5-8,11,14,17H,9-10H2,1-4H3. The minimum Gasteiger partial charge on any atom is -0.493 e. The van der Waals surface area contributed by atoms with E-state index in [0.717, 1.165) is 18.9 Å². The quantitative estimate of drug-likeness (QED) is 0.883. The average molecular weight is 245 g/mol. The molecule has 1 aromatic carbocycles. The molecule has 2 nitrogen and oxygen atoms in total. The third-order valence-corrected chi connectivity index (χ3v) is 5.39. The lowest BCUT2D eigenvalue weighted by Crippen LogP contribution is -2.28. The van der Waals surface area contributed by atoms with E-state index in [1.54, 1.807) is 0 Å². The summed E-state index contributed by atoms with van der Waals surface area (Å²) in [5, 5.41) is 3.74. The van der Waals surface area contributed by atoms with E-state index in [1.165, 1.54) is 5.56 Å². The third kappa shape index (κ3) is 1.58. The van der Waals surface area contributed by atoms with E-state index in [9.17, 15) is 0 Å². The maximum atomic E-state index is 5.73. The number of hydrogen-bond acceptors (Lipinski definition) is 2. The molecule has 2 aliphatic rings. The minimum atomic E-state index is 0.409. The van der Waals surface area contributed by atoms with Crippen LogP contribution in [-0.4, -0.2) is 19.2 Å².